The molecule has 1 aromatic rings. The summed E-state index contributed by atoms with van der Waals surface area (Å²) < 4.78 is 36.8. The van der Waals surface area contributed by atoms with Crippen LogP contribution in [0.3, 0.4) is 0 Å². The number of thioether (sulfide) groups is 1. The third kappa shape index (κ3) is 4.50. The van der Waals surface area contributed by atoms with Crippen molar-refractivity contribution in [1.82, 2.24) is 0 Å². The molecule has 1 rings (SSSR count). The molecule has 0 spiro atoms. The first-order chi connectivity index (χ1) is 7.80. The number of halogens is 3. The van der Waals surface area contributed by atoms with Crippen molar-refractivity contribution >= 4 is 18.7 Å². The molecule has 94 valence electrons. The van der Waals surface area contributed by atoms with Crippen molar-refractivity contribution in [3.63, 3.8) is 0 Å². The second kappa shape index (κ2) is 5.67. The van der Waals surface area contributed by atoms with Gasteiger partial charge in [-0.1, -0.05) is 26.0 Å². The summed E-state index contributed by atoms with van der Waals surface area (Å²) in [6, 6.07) is 7.62. The summed E-state index contributed by atoms with van der Waals surface area (Å²) in [4.78, 5) is 0.843. The Morgan fingerprint density at radius 2 is 1.76 bits per heavy atom. The molecule has 0 aromatic heterocycles. The number of hydrogen-bond acceptors (Lipinski definition) is 1. The Morgan fingerprint density at radius 3 is 2.18 bits per heavy atom. The Bertz CT molecular complexity index is 382. The predicted molar refractivity (Wildman–Crippen MR) is 69.5 cm³/mol. The van der Waals surface area contributed by atoms with Crippen molar-refractivity contribution in [3.8, 4) is 0 Å². The zero-order valence-corrected chi connectivity index (χ0v) is 10.7. The Kier molecular flexibility index (Phi) is 4.75. The Morgan fingerprint density at radius 1 is 1.24 bits per heavy atom. The molecule has 0 N–H and O–H groups in total. The normalized spacial score (nSPS) is 11.9. The Balaban J connectivity index is 2.56. The van der Waals surface area contributed by atoms with Crippen LogP contribution in [0, 0.1) is 0 Å². The van der Waals surface area contributed by atoms with Crippen molar-refractivity contribution in [2.45, 2.75) is 24.7 Å². The summed E-state index contributed by atoms with van der Waals surface area (Å²) >= 11 is 1.17. The SMILES string of the molecule is C=C(CSc1ccc(C(C)C)cc1)[B-](F)(F)F. The minimum atomic E-state index is -4.90. The summed E-state index contributed by atoms with van der Waals surface area (Å²) in [6.45, 7) is 2.32. The summed E-state index contributed by atoms with van der Waals surface area (Å²) in [5.74, 6) is 0.340. The summed E-state index contributed by atoms with van der Waals surface area (Å²) in [7, 11) is 0. The molecule has 0 saturated heterocycles. The zero-order valence-electron chi connectivity index (χ0n) is 9.92. The van der Waals surface area contributed by atoms with Gasteiger partial charge in [-0.2, -0.15) is 0 Å². The van der Waals surface area contributed by atoms with Gasteiger partial charge >= 0.3 is 6.98 Å². The van der Waals surface area contributed by atoms with E-state index in [0.29, 0.717) is 5.92 Å². The van der Waals surface area contributed by atoms with Crippen molar-refractivity contribution in [2.75, 3.05) is 5.75 Å². The van der Waals surface area contributed by atoms with Gasteiger partial charge in [0.05, 0.1) is 0 Å². The monoisotopic (exact) mass is 259 g/mol. The predicted octanol–water partition coefficient (Wildman–Crippen LogP) is 4.84. The third-order valence-electron chi connectivity index (χ3n) is 2.43. The molecule has 0 saturated carbocycles. The number of benzene rings is 1. The lowest BCUT2D eigenvalue weighted by Crippen LogP contribution is -2.20. The van der Waals surface area contributed by atoms with Gasteiger partial charge in [0.25, 0.3) is 0 Å². The molecule has 0 aliphatic rings. The second-order valence-electron chi connectivity index (χ2n) is 4.25. The standard InChI is InChI=1S/C12H15BF3S/c1-9(2)11-4-6-12(7-5-11)17-8-10(3)13(14,15)16/h4-7,9H,3,8H2,1-2H3/q-1. The van der Waals surface area contributed by atoms with E-state index < -0.39 is 12.4 Å². The largest absolute Gasteiger partial charge is 0.505 e. The maximum absolute atomic E-state index is 12.3. The maximum Gasteiger partial charge on any atom is 0.505 e. The van der Waals surface area contributed by atoms with Crippen LogP contribution in [0.2, 0.25) is 0 Å². The van der Waals surface area contributed by atoms with Crippen LogP contribution in [0.4, 0.5) is 12.9 Å². The lowest BCUT2D eigenvalue weighted by Gasteiger charge is -2.17. The van der Waals surface area contributed by atoms with Crippen LogP contribution in [-0.4, -0.2) is 12.7 Å². The van der Waals surface area contributed by atoms with Crippen LogP contribution < -0.4 is 0 Å². The molecule has 0 aliphatic heterocycles. The molecular formula is C12H15BF3S-. The van der Waals surface area contributed by atoms with Crippen LogP contribution in [0.1, 0.15) is 25.3 Å². The van der Waals surface area contributed by atoms with Gasteiger partial charge in [0.1, 0.15) is 0 Å². The molecule has 0 radical (unpaired) electrons. The topological polar surface area (TPSA) is 0 Å². The van der Waals surface area contributed by atoms with Crippen LogP contribution >= 0.6 is 11.8 Å². The van der Waals surface area contributed by atoms with E-state index in [2.05, 4.69) is 20.4 Å². The Hall–Kier alpha value is -0.835. The molecule has 0 unspecified atom stereocenters. The third-order valence-corrected chi connectivity index (χ3v) is 3.55. The van der Waals surface area contributed by atoms with Crippen LogP contribution in [0.5, 0.6) is 0 Å². The fourth-order valence-corrected chi connectivity index (χ4v) is 2.09. The van der Waals surface area contributed by atoms with Crippen molar-refractivity contribution in [1.29, 1.82) is 0 Å². The first-order valence-electron chi connectivity index (χ1n) is 5.41. The van der Waals surface area contributed by atoms with E-state index in [-0.39, 0.29) is 5.75 Å². The highest BCUT2D eigenvalue weighted by Gasteiger charge is 2.26. The highest BCUT2D eigenvalue weighted by atomic mass is 32.2. The van der Waals surface area contributed by atoms with Crippen LogP contribution in [0.25, 0.3) is 0 Å². The van der Waals surface area contributed by atoms with E-state index in [1.54, 1.807) is 0 Å². The minimum absolute atomic E-state index is 0.0927. The smallest absolute Gasteiger partial charge is 0.445 e. The van der Waals surface area contributed by atoms with E-state index in [0.717, 1.165) is 4.90 Å². The molecule has 0 aliphatic carbocycles. The molecule has 0 nitrogen and oxygen atoms in total. The molecule has 0 amide bonds. The lowest BCUT2D eigenvalue weighted by atomic mass is 9.82. The van der Waals surface area contributed by atoms with Gasteiger partial charge < -0.3 is 12.9 Å². The van der Waals surface area contributed by atoms with Crippen molar-refractivity contribution in [2.24, 2.45) is 0 Å². The Labute approximate surface area is 104 Å². The quantitative estimate of drug-likeness (QED) is 0.538. The van der Waals surface area contributed by atoms with Gasteiger partial charge in [0.2, 0.25) is 0 Å². The molecule has 17 heavy (non-hydrogen) atoms. The molecule has 0 atom stereocenters. The van der Waals surface area contributed by atoms with E-state index in [1.807, 2.05) is 24.3 Å². The van der Waals surface area contributed by atoms with Gasteiger partial charge in [-0.05, 0) is 29.4 Å². The second-order valence-corrected chi connectivity index (χ2v) is 5.29. The average Bonchev–Trinajstić information content (AvgIpc) is 2.25. The van der Waals surface area contributed by atoms with Crippen molar-refractivity contribution in [3.05, 3.63) is 41.9 Å². The fourth-order valence-electron chi connectivity index (χ4n) is 1.22. The van der Waals surface area contributed by atoms with Gasteiger partial charge in [-0.15, -0.1) is 23.8 Å². The highest BCUT2D eigenvalue weighted by molar-refractivity contribution is 7.99. The molecule has 0 heterocycles. The van der Waals surface area contributed by atoms with Crippen LogP contribution in [-0.2, 0) is 0 Å². The molecule has 5 heteroatoms. The first kappa shape index (κ1) is 14.2. The molecule has 0 fully saturated rings. The lowest BCUT2D eigenvalue weighted by molar-refractivity contribution is 0.491. The van der Waals surface area contributed by atoms with Gasteiger partial charge in [-0.25, -0.2) is 0 Å². The van der Waals surface area contributed by atoms with Gasteiger partial charge in [0.15, 0.2) is 0 Å². The van der Waals surface area contributed by atoms with Gasteiger partial charge in [-0.3, -0.25) is 0 Å². The molecule has 1 aromatic carbocycles. The molecule has 0 bridgehead atoms. The summed E-state index contributed by atoms with van der Waals surface area (Å²) in [5.41, 5.74) is 0.552. The van der Waals surface area contributed by atoms with Crippen LogP contribution in [0.15, 0.2) is 41.2 Å². The average molecular weight is 259 g/mol. The van der Waals surface area contributed by atoms with E-state index in [1.165, 1.54) is 17.3 Å². The maximum atomic E-state index is 12.3. The number of rotatable bonds is 5. The van der Waals surface area contributed by atoms with Crippen molar-refractivity contribution < 1.29 is 12.9 Å². The minimum Gasteiger partial charge on any atom is -0.445 e. The van der Waals surface area contributed by atoms with E-state index in [9.17, 15) is 12.9 Å². The number of hydrogen-bond donors (Lipinski definition) is 0. The fraction of sp³-hybridized carbons (Fsp3) is 0.333. The van der Waals surface area contributed by atoms with E-state index >= 15 is 0 Å². The summed E-state index contributed by atoms with van der Waals surface area (Å²) in [5, 5.41) is 0. The molecular weight excluding hydrogens is 244 g/mol. The summed E-state index contributed by atoms with van der Waals surface area (Å²) in [6.07, 6.45) is 0. The van der Waals surface area contributed by atoms with Gasteiger partial charge in [0, 0.05) is 4.90 Å². The first-order valence-corrected chi connectivity index (χ1v) is 6.39. The highest BCUT2D eigenvalue weighted by Crippen LogP contribution is 2.27. The zero-order chi connectivity index (χ0) is 13.1. The van der Waals surface area contributed by atoms with E-state index in [4.69, 9.17) is 0 Å².